The van der Waals surface area contributed by atoms with Crippen LogP contribution in [0.3, 0.4) is 0 Å². The summed E-state index contributed by atoms with van der Waals surface area (Å²) in [5, 5.41) is -1.89. The summed E-state index contributed by atoms with van der Waals surface area (Å²) in [4.78, 5) is 0. The summed E-state index contributed by atoms with van der Waals surface area (Å²) in [7, 11) is 0. The number of rotatable bonds is 2. The number of fused-ring (bicyclic) bond motifs is 2. The van der Waals surface area contributed by atoms with Crippen LogP contribution >= 0.6 is 0 Å². The van der Waals surface area contributed by atoms with Gasteiger partial charge in [-0.15, -0.1) is 0 Å². The summed E-state index contributed by atoms with van der Waals surface area (Å²) in [6.07, 6.45) is -9.71. The predicted molar refractivity (Wildman–Crippen MR) is 122 cm³/mol. The number of hydrogen-bond donors (Lipinski definition) is 0. The normalized spacial score (nSPS) is 12.4. The van der Waals surface area contributed by atoms with Crippen molar-refractivity contribution < 1.29 is 26.3 Å². The van der Waals surface area contributed by atoms with E-state index in [9.17, 15) is 26.3 Å². The lowest BCUT2D eigenvalue weighted by Gasteiger charge is -2.21. The van der Waals surface area contributed by atoms with Crippen LogP contribution in [0.5, 0.6) is 0 Å². The van der Waals surface area contributed by atoms with Gasteiger partial charge in [-0.1, -0.05) is 84.9 Å². The van der Waals surface area contributed by atoms with Gasteiger partial charge in [0.15, 0.2) is 0 Å². The Bertz CT molecular complexity index is 1380. The van der Waals surface area contributed by atoms with Crippen LogP contribution in [0.25, 0.3) is 43.8 Å². The molecule has 0 fully saturated rings. The van der Waals surface area contributed by atoms with Gasteiger partial charge in [-0.3, -0.25) is 0 Å². The fourth-order valence-corrected chi connectivity index (χ4v) is 4.46. The van der Waals surface area contributed by atoms with E-state index in [0.717, 1.165) is 12.1 Å². The molecule has 6 heteroatoms. The molecule has 0 saturated carbocycles. The van der Waals surface area contributed by atoms with Crippen molar-refractivity contribution in [3.63, 3.8) is 0 Å². The van der Waals surface area contributed by atoms with E-state index in [0.29, 0.717) is 22.3 Å². The predicted octanol–water partition coefficient (Wildman–Crippen LogP) is 9.36. The van der Waals surface area contributed by atoms with Crippen molar-refractivity contribution in [3.8, 4) is 22.3 Å². The van der Waals surface area contributed by atoms with Gasteiger partial charge in [-0.05, 0) is 55.9 Å². The van der Waals surface area contributed by atoms with Crippen molar-refractivity contribution >= 4 is 21.5 Å². The maximum atomic E-state index is 14.4. The van der Waals surface area contributed by atoms with Crippen LogP contribution in [-0.4, -0.2) is 0 Å². The van der Waals surface area contributed by atoms with Crippen molar-refractivity contribution in [1.29, 1.82) is 0 Å². The van der Waals surface area contributed by atoms with Crippen LogP contribution < -0.4 is 0 Å². The summed E-state index contributed by atoms with van der Waals surface area (Å²) in [6, 6.07) is 24.7. The molecule has 0 aliphatic rings. The highest BCUT2D eigenvalue weighted by molar-refractivity contribution is 6.08. The molecule has 0 atom stereocenters. The molecule has 0 unspecified atom stereocenters. The molecule has 0 aliphatic heterocycles. The highest BCUT2D eigenvalue weighted by atomic mass is 19.4. The maximum absolute atomic E-state index is 14.4. The van der Waals surface area contributed by atoms with E-state index in [4.69, 9.17) is 0 Å². The van der Waals surface area contributed by atoms with Gasteiger partial charge in [0.2, 0.25) is 0 Å². The third-order valence-corrected chi connectivity index (χ3v) is 5.90. The standard InChI is InChI=1S/C28H16F6/c29-27(30,31)25-22-14-12-20(18-9-5-2-6-10-18)16-24(22)26(28(32,33)34)21-13-11-19(15-23(21)25)17-7-3-1-4-8-17/h1-16H. The van der Waals surface area contributed by atoms with Crippen LogP contribution in [0, 0.1) is 0 Å². The van der Waals surface area contributed by atoms with E-state index in [1.807, 2.05) is 0 Å². The molecule has 0 spiro atoms. The molecular formula is C28H16F6. The van der Waals surface area contributed by atoms with Crippen LogP contribution in [0.15, 0.2) is 97.1 Å². The topological polar surface area (TPSA) is 0 Å². The Morgan fingerprint density at radius 3 is 1.03 bits per heavy atom. The molecule has 5 aromatic rings. The minimum Gasteiger partial charge on any atom is -0.166 e. The van der Waals surface area contributed by atoms with Gasteiger partial charge >= 0.3 is 12.4 Å². The highest BCUT2D eigenvalue weighted by Gasteiger charge is 2.41. The fraction of sp³-hybridized carbons (Fsp3) is 0.0714. The number of alkyl halides is 6. The SMILES string of the molecule is FC(F)(F)c1c2ccc(-c3ccccc3)cc2c(C(F)(F)F)c2ccc(-c3ccccc3)cc12. The smallest absolute Gasteiger partial charge is 0.166 e. The van der Waals surface area contributed by atoms with Crippen LogP contribution in [0.1, 0.15) is 11.1 Å². The third kappa shape index (κ3) is 3.79. The first-order chi connectivity index (χ1) is 16.1. The van der Waals surface area contributed by atoms with Crippen molar-refractivity contribution in [2.75, 3.05) is 0 Å². The monoisotopic (exact) mass is 466 g/mol. The molecule has 0 heterocycles. The average molecular weight is 466 g/mol. The first-order valence-corrected chi connectivity index (χ1v) is 10.4. The van der Waals surface area contributed by atoms with Crippen molar-refractivity contribution in [1.82, 2.24) is 0 Å². The van der Waals surface area contributed by atoms with Crippen molar-refractivity contribution in [3.05, 3.63) is 108 Å². The lowest BCUT2D eigenvalue weighted by atomic mass is 9.87. The van der Waals surface area contributed by atoms with Gasteiger partial charge < -0.3 is 0 Å². The minimum absolute atomic E-state index is 0.409. The van der Waals surface area contributed by atoms with Gasteiger partial charge in [-0.25, -0.2) is 0 Å². The summed E-state index contributed by atoms with van der Waals surface area (Å²) in [6.45, 7) is 0. The van der Waals surface area contributed by atoms with Crippen LogP contribution in [0.2, 0.25) is 0 Å². The van der Waals surface area contributed by atoms with Gasteiger partial charge in [0.1, 0.15) is 0 Å². The van der Waals surface area contributed by atoms with E-state index in [1.165, 1.54) is 24.3 Å². The van der Waals surface area contributed by atoms with Gasteiger partial charge in [-0.2, -0.15) is 26.3 Å². The third-order valence-electron chi connectivity index (χ3n) is 5.90. The van der Waals surface area contributed by atoms with Gasteiger partial charge in [0.25, 0.3) is 0 Å². The quantitative estimate of drug-likeness (QED) is 0.180. The van der Waals surface area contributed by atoms with E-state index in [1.54, 1.807) is 60.7 Å². The first-order valence-electron chi connectivity index (χ1n) is 10.4. The van der Waals surface area contributed by atoms with Gasteiger partial charge in [0.05, 0.1) is 11.1 Å². The zero-order chi connectivity index (χ0) is 24.1. The minimum atomic E-state index is -4.86. The molecule has 0 aliphatic carbocycles. The molecular weight excluding hydrogens is 450 g/mol. The molecule has 0 amide bonds. The second-order valence-corrected chi connectivity index (χ2v) is 8.00. The van der Waals surface area contributed by atoms with E-state index < -0.39 is 45.0 Å². The maximum Gasteiger partial charge on any atom is 0.417 e. The largest absolute Gasteiger partial charge is 0.417 e. The Labute approximate surface area is 191 Å². The molecule has 5 aromatic carbocycles. The molecule has 0 radical (unpaired) electrons. The van der Waals surface area contributed by atoms with Crippen molar-refractivity contribution in [2.24, 2.45) is 0 Å². The second-order valence-electron chi connectivity index (χ2n) is 8.00. The zero-order valence-corrected chi connectivity index (χ0v) is 17.5. The number of benzene rings is 5. The van der Waals surface area contributed by atoms with E-state index in [2.05, 4.69) is 0 Å². The molecule has 0 N–H and O–H groups in total. The summed E-state index contributed by atoms with van der Waals surface area (Å²) in [5.41, 5.74) is -0.0824. The summed E-state index contributed by atoms with van der Waals surface area (Å²) >= 11 is 0. The summed E-state index contributed by atoms with van der Waals surface area (Å²) in [5.74, 6) is 0. The molecule has 5 rings (SSSR count). The molecule has 0 saturated heterocycles. The average Bonchev–Trinajstić information content (AvgIpc) is 2.81. The van der Waals surface area contributed by atoms with E-state index >= 15 is 0 Å². The lowest BCUT2D eigenvalue weighted by Crippen LogP contribution is -2.13. The second kappa shape index (κ2) is 7.90. The Balaban J connectivity index is 1.93. The molecule has 0 aromatic heterocycles. The Morgan fingerprint density at radius 1 is 0.353 bits per heavy atom. The van der Waals surface area contributed by atoms with Gasteiger partial charge in [0, 0.05) is 0 Å². The number of hydrogen-bond acceptors (Lipinski definition) is 0. The summed E-state index contributed by atoms with van der Waals surface area (Å²) < 4.78 is 86.1. The molecule has 0 bridgehead atoms. The van der Waals surface area contributed by atoms with Crippen LogP contribution in [-0.2, 0) is 12.4 Å². The van der Waals surface area contributed by atoms with Crippen LogP contribution in [0.4, 0.5) is 26.3 Å². The highest BCUT2D eigenvalue weighted by Crippen LogP contribution is 2.48. The fourth-order valence-electron chi connectivity index (χ4n) is 4.46. The Hall–Kier alpha value is -3.80. The molecule has 0 nitrogen and oxygen atoms in total. The van der Waals surface area contributed by atoms with Crippen molar-refractivity contribution in [2.45, 2.75) is 12.4 Å². The zero-order valence-electron chi connectivity index (χ0n) is 17.5. The molecule has 34 heavy (non-hydrogen) atoms. The Kier molecular flexibility index (Phi) is 5.12. The number of halogens is 6. The Morgan fingerprint density at radius 2 is 0.706 bits per heavy atom. The lowest BCUT2D eigenvalue weighted by molar-refractivity contribution is -0.137. The molecule has 170 valence electrons. The van der Waals surface area contributed by atoms with E-state index in [-0.39, 0.29) is 0 Å². The first kappa shape index (κ1) is 22.0.